The maximum atomic E-state index is 11.2. The Bertz CT molecular complexity index is 713. The molecule has 0 unspecified atom stereocenters. The first-order valence-corrected chi connectivity index (χ1v) is 5.45. The summed E-state index contributed by atoms with van der Waals surface area (Å²) in [5, 5.41) is 22.3. The predicted molar refractivity (Wildman–Crippen MR) is 72.7 cm³/mol. The van der Waals surface area contributed by atoms with Crippen molar-refractivity contribution in [3.05, 3.63) is 63.5 Å². The van der Waals surface area contributed by atoms with Crippen molar-refractivity contribution >= 4 is 23.2 Å². The lowest BCUT2D eigenvalue weighted by Crippen LogP contribution is -2.16. The molecular formula is C13H10N2O6. The minimum atomic E-state index is -1.21. The van der Waals surface area contributed by atoms with E-state index in [9.17, 15) is 19.7 Å². The van der Waals surface area contributed by atoms with Crippen LogP contribution in [0.25, 0.3) is 5.57 Å². The maximum absolute atomic E-state index is 11.2. The molecule has 0 saturated carbocycles. The number of non-ortho nitro benzene ring substituents is 1. The average Bonchev–Trinajstić information content (AvgIpc) is 2.46. The number of nitrogens with zero attached hydrogens (tertiary/aromatic N) is 1. The Labute approximate surface area is 118 Å². The molecule has 0 aliphatic carbocycles. The van der Waals surface area contributed by atoms with Gasteiger partial charge in [-0.1, -0.05) is 12.1 Å². The van der Waals surface area contributed by atoms with Crippen LogP contribution in [0.4, 0.5) is 5.69 Å². The molecule has 0 radical (unpaired) electrons. The summed E-state index contributed by atoms with van der Waals surface area (Å²) >= 11 is 0. The highest BCUT2D eigenvalue weighted by atomic mass is 16.6. The number of aliphatic carboxylic acids is 1. The number of nitrogens with one attached hydrogen (secondary N) is 1. The van der Waals surface area contributed by atoms with Crippen LogP contribution in [0.2, 0.25) is 0 Å². The van der Waals surface area contributed by atoms with Crippen LogP contribution in [0.3, 0.4) is 0 Å². The van der Waals surface area contributed by atoms with Crippen molar-refractivity contribution in [3.63, 3.8) is 0 Å². The van der Waals surface area contributed by atoms with E-state index in [-0.39, 0.29) is 28.0 Å². The Morgan fingerprint density at radius 3 is 2.67 bits per heavy atom. The number of carboxylic acid groups (broad SMARTS) is 1. The maximum Gasteiger partial charge on any atom is 0.337 e. The molecule has 0 fully saturated rings. The molecular weight excluding hydrogens is 280 g/mol. The molecule has 1 heterocycles. The van der Waals surface area contributed by atoms with Crippen molar-refractivity contribution in [2.45, 2.75) is 0 Å². The fourth-order valence-electron chi connectivity index (χ4n) is 1.75. The number of allylic oxidation sites excluding steroid dienone is 1. The second-order valence-corrected chi connectivity index (χ2v) is 3.89. The molecule has 0 aromatic heterocycles. The number of benzene rings is 1. The van der Waals surface area contributed by atoms with Crippen LogP contribution < -0.4 is 5.32 Å². The zero-order chi connectivity index (χ0) is 14.7. The highest BCUT2D eigenvalue weighted by Crippen LogP contribution is 2.28. The Balaban J connectivity index is 0.00000220. The second-order valence-electron chi connectivity index (χ2n) is 3.89. The zero-order valence-corrected chi connectivity index (χ0v) is 10.5. The lowest BCUT2D eigenvalue weighted by molar-refractivity contribution is -0.384. The Morgan fingerprint density at radius 2 is 2.10 bits per heavy atom. The molecule has 108 valence electrons. The molecule has 1 aromatic rings. The quantitative estimate of drug-likeness (QED) is 0.470. The molecule has 4 N–H and O–H groups in total. The number of rotatable bonds is 3. The molecule has 8 heteroatoms. The van der Waals surface area contributed by atoms with Crippen molar-refractivity contribution in [2.75, 3.05) is 0 Å². The van der Waals surface area contributed by atoms with E-state index in [1.165, 1.54) is 30.3 Å². The first-order valence-electron chi connectivity index (χ1n) is 5.45. The fraction of sp³-hybridized carbons (Fsp3) is 0. The van der Waals surface area contributed by atoms with Crippen LogP contribution in [0.15, 0.2) is 47.8 Å². The summed E-state index contributed by atoms with van der Waals surface area (Å²) in [4.78, 5) is 32.0. The lowest BCUT2D eigenvalue weighted by Gasteiger charge is -2.14. The van der Waals surface area contributed by atoms with Crippen LogP contribution in [0.5, 0.6) is 0 Å². The van der Waals surface area contributed by atoms with E-state index in [0.717, 1.165) is 6.20 Å². The Kier molecular flexibility index (Phi) is 4.74. The van der Waals surface area contributed by atoms with Gasteiger partial charge in [-0.2, -0.15) is 0 Å². The molecule has 0 bridgehead atoms. The number of nitro benzene ring substituents is 1. The molecule has 1 aliphatic rings. The third kappa shape index (κ3) is 3.21. The molecule has 0 spiro atoms. The minimum Gasteiger partial charge on any atom is -0.478 e. The van der Waals surface area contributed by atoms with E-state index in [1.54, 1.807) is 5.94 Å². The third-order valence-electron chi connectivity index (χ3n) is 2.66. The Morgan fingerprint density at radius 1 is 1.38 bits per heavy atom. The summed E-state index contributed by atoms with van der Waals surface area (Å²) < 4.78 is 0. The summed E-state index contributed by atoms with van der Waals surface area (Å²) in [5.74, 6) is 0.400. The van der Waals surface area contributed by atoms with Crippen molar-refractivity contribution in [1.82, 2.24) is 5.32 Å². The SMILES string of the molecule is O.O=C=C1C=C(c2cccc([N+](=O)[O-])c2)C(C(=O)O)=CN1. The first kappa shape index (κ1) is 15.8. The average molecular weight is 290 g/mol. The highest BCUT2D eigenvalue weighted by molar-refractivity contribution is 6.07. The van der Waals surface area contributed by atoms with Crippen LogP contribution in [-0.2, 0) is 9.59 Å². The van der Waals surface area contributed by atoms with E-state index in [0.29, 0.717) is 5.56 Å². The predicted octanol–water partition coefficient (Wildman–Crippen LogP) is 0.441. The van der Waals surface area contributed by atoms with Gasteiger partial charge in [-0.15, -0.1) is 0 Å². The fourth-order valence-corrected chi connectivity index (χ4v) is 1.75. The number of carbonyl (C=O) groups is 1. The summed E-state index contributed by atoms with van der Waals surface area (Å²) in [7, 11) is 0. The number of hydrogen-bond donors (Lipinski definition) is 2. The number of nitro groups is 1. The Hall–Kier alpha value is -3.22. The summed E-state index contributed by atoms with van der Waals surface area (Å²) in [6.45, 7) is 0. The van der Waals surface area contributed by atoms with Crippen LogP contribution >= 0.6 is 0 Å². The van der Waals surface area contributed by atoms with Gasteiger partial charge < -0.3 is 15.9 Å². The summed E-state index contributed by atoms with van der Waals surface area (Å²) in [6.07, 6.45) is 2.44. The highest BCUT2D eigenvalue weighted by Gasteiger charge is 2.21. The summed E-state index contributed by atoms with van der Waals surface area (Å²) in [6, 6.07) is 5.52. The van der Waals surface area contributed by atoms with E-state index >= 15 is 0 Å². The van der Waals surface area contributed by atoms with Crippen molar-refractivity contribution in [3.8, 4) is 0 Å². The summed E-state index contributed by atoms with van der Waals surface area (Å²) in [5.41, 5.74) is 0.338. The van der Waals surface area contributed by atoms with Gasteiger partial charge in [0.05, 0.1) is 10.5 Å². The van der Waals surface area contributed by atoms with Gasteiger partial charge in [0.2, 0.25) is 0 Å². The minimum absolute atomic E-state index is 0. The molecule has 2 rings (SSSR count). The molecule has 21 heavy (non-hydrogen) atoms. The van der Waals surface area contributed by atoms with Crippen LogP contribution in [0, 0.1) is 10.1 Å². The molecule has 8 nitrogen and oxygen atoms in total. The van der Waals surface area contributed by atoms with Gasteiger partial charge >= 0.3 is 5.97 Å². The van der Waals surface area contributed by atoms with Crippen LogP contribution in [0.1, 0.15) is 5.56 Å². The van der Waals surface area contributed by atoms with Gasteiger partial charge in [-0.25, -0.2) is 9.59 Å². The van der Waals surface area contributed by atoms with Gasteiger partial charge in [0.25, 0.3) is 5.69 Å². The lowest BCUT2D eigenvalue weighted by atomic mass is 9.95. The number of dihydropyridines is 1. The second kappa shape index (κ2) is 6.29. The van der Waals surface area contributed by atoms with Gasteiger partial charge in [0.1, 0.15) is 5.70 Å². The largest absolute Gasteiger partial charge is 0.478 e. The molecule has 0 amide bonds. The molecule has 0 atom stereocenters. The van der Waals surface area contributed by atoms with E-state index < -0.39 is 10.9 Å². The third-order valence-corrected chi connectivity index (χ3v) is 2.66. The van der Waals surface area contributed by atoms with Gasteiger partial charge in [0, 0.05) is 23.9 Å². The van der Waals surface area contributed by atoms with Crippen molar-refractivity contribution < 1.29 is 25.1 Å². The van der Waals surface area contributed by atoms with E-state index in [1.807, 2.05) is 0 Å². The normalized spacial score (nSPS) is 13.0. The van der Waals surface area contributed by atoms with E-state index in [4.69, 9.17) is 5.11 Å². The first-order chi connectivity index (χ1) is 9.52. The van der Waals surface area contributed by atoms with Crippen molar-refractivity contribution in [2.24, 2.45) is 0 Å². The molecule has 0 saturated heterocycles. The standard InChI is InChI=1S/C13H8N2O5.H2O/c16-7-9-5-11(12(6-14-9)13(17)18)8-2-1-3-10(4-8)15(19)20;/h1-6,14H,(H,17,18);1H2. The topological polar surface area (TPSA) is 141 Å². The molecule has 1 aliphatic heterocycles. The number of carbonyl (C=O) groups excluding carboxylic acids is 1. The number of carboxylic acids is 1. The van der Waals surface area contributed by atoms with E-state index in [2.05, 4.69) is 5.32 Å². The van der Waals surface area contributed by atoms with Crippen LogP contribution in [-0.4, -0.2) is 27.4 Å². The van der Waals surface area contributed by atoms with Gasteiger partial charge in [-0.05, 0) is 11.6 Å². The number of hydrogen-bond acceptors (Lipinski definition) is 5. The molecule has 1 aromatic carbocycles. The van der Waals surface area contributed by atoms with Gasteiger partial charge in [-0.3, -0.25) is 10.1 Å². The monoisotopic (exact) mass is 290 g/mol. The van der Waals surface area contributed by atoms with Crippen molar-refractivity contribution in [1.29, 1.82) is 0 Å². The zero-order valence-electron chi connectivity index (χ0n) is 10.5. The van der Waals surface area contributed by atoms with Gasteiger partial charge in [0.15, 0.2) is 5.94 Å². The smallest absolute Gasteiger partial charge is 0.337 e.